The molecule has 0 N–H and O–H groups in total. The number of carbonyl (C=O) groups excluding carboxylic acids is 3. The second-order valence-electron chi connectivity index (χ2n) is 7.48. The molecule has 0 spiro atoms. The van der Waals surface area contributed by atoms with E-state index in [1.807, 2.05) is 0 Å². The van der Waals surface area contributed by atoms with Crippen molar-refractivity contribution < 1.29 is 23.9 Å². The van der Waals surface area contributed by atoms with Crippen LogP contribution in [0.4, 0.5) is 5.69 Å². The second-order valence-corrected chi connectivity index (χ2v) is 7.91. The minimum Gasteiger partial charge on any atom is -0.495 e. The molecule has 2 saturated heterocycles. The molecule has 2 aliphatic rings. The average Bonchev–Trinajstić information content (AvgIpc) is 3.07. The van der Waals surface area contributed by atoms with Crippen molar-refractivity contribution in [3.63, 3.8) is 0 Å². The van der Waals surface area contributed by atoms with Gasteiger partial charge in [0.2, 0.25) is 5.91 Å². The zero-order valence-electron chi connectivity index (χ0n) is 16.7. The Bertz CT molecular complexity index is 761. The molecule has 0 unspecified atom stereocenters. The molecule has 2 aliphatic heterocycles. The van der Waals surface area contributed by atoms with Crippen molar-refractivity contribution >= 4 is 35.1 Å². The van der Waals surface area contributed by atoms with E-state index in [0.29, 0.717) is 29.5 Å². The van der Waals surface area contributed by atoms with E-state index in [2.05, 4.69) is 0 Å². The highest BCUT2D eigenvalue weighted by atomic mass is 35.5. The van der Waals surface area contributed by atoms with Gasteiger partial charge in [0.05, 0.1) is 18.7 Å². The number of methoxy groups -OCH3 is 1. The molecule has 1 aromatic rings. The van der Waals surface area contributed by atoms with E-state index in [0.717, 1.165) is 25.7 Å². The standard InChI is InChI=1S/C21H27ClN2O5/c1-28-18-8-7-16(22)12-17(18)24-13-15(11-19(24)25)21(27)29-14-20(26)23-9-5-3-2-4-6-10-23/h7-8,12,15H,2-6,9-11,13-14H2,1H3/t15-/m0/s1. The third kappa shape index (κ3) is 5.41. The van der Waals surface area contributed by atoms with Gasteiger partial charge in [0.1, 0.15) is 5.75 Å². The Morgan fingerprint density at radius 3 is 2.52 bits per heavy atom. The quantitative estimate of drug-likeness (QED) is 0.681. The number of carbonyl (C=O) groups is 3. The molecular formula is C21H27ClN2O5. The summed E-state index contributed by atoms with van der Waals surface area (Å²) in [7, 11) is 1.51. The Hall–Kier alpha value is -2.28. The van der Waals surface area contributed by atoms with Crippen LogP contribution in [0.25, 0.3) is 0 Å². The fourth-order valence-electron chi connectivity index (χ4n) is 3.81. The molecule has 3 rings (SSSR count). The minimum absolute atomic E-state index is 0.0341. The number of ether oxygens (including phenoxy) is 2. The number of amides is 2. The van der Waals surface area contributed by atoms with Crippen LogP contribution < -0.4 is 9.64 Å². The lowest BCUT2D eigenvalue weighted by molar-refractivity contribution is -0.155. The Balaban J connectivity index is 1.56. The Morgan fingerprint density at radius 2 is 1.83 bits per heavy atom. The van der Waals surface area contributed by atoms with Crippen LogP contribution in [-0.2, 0) is 19.1 Å². The van der Waals surface area contributed by atoms with Crippen molar-refractivity contribution in [3.8, 4) is 5.75 Å². The molecule has 1 atom stereocenters. The van der Waals surface area contributed by atoms with Crippen LogP contribution in [0.3, 0.4) is 0 Å². The third-order valence-electron chi connectivity index (χ3n) is 5.44. The molecule has 0 saturated carbocycles. The summed E-state index contributed by atoms with van der Waals surface area (Å²) in [4.78, 5) is 40.6. The van der Waals surface area contributed by atoms with Crippen LogP contribution in [-0.4, -0.2) is 56.0 Å². The van der Waals surface area contributed by atoms with Crippen LogP contribution in [0.15, 0.2) is 18.2 Å². The van der Waals surface area contributed by atoms with Crippen LogP contribution in [0.2, 0.25) is 5.02 Å². The van der Waals surface area contributed by atoms with Gasteiger partial charge in [0.25, 0.3) is 5.91 Å². The van der Waals surface area contributed by atoms with Crippen molar-refractivity contribution in [1.82, 2.24) is 4.90 Å². The number of esters is 1. The Labute approximate surface area is 175 Å². The van der Waals surface area contributed by atoms with E-state index in [1.54, 1.807) is 23.1 Å². The lowest BCUT2D eigenvalue weighted by Crippen LogP contribution is -2.37. The van der Waals surface area contributed by atoms with Gasteiger partial charge in [-0.25, -0.2) is 0 Å². The fraction of sp³-hybridized carbons (Fsp3) is 0.571. The topological polar surface area (TPSA) is 76.2 Å². The highest BCUT2D eigenvalue weighted by molar-refractivity contribution is 6.31. The van der Waals surface area contributed by atoms with Crippen LogP contribution in [0.1, 0.15) is 38.5 Å². The van der Waals surface area contributed by atoms with E-state index in [9.17, 15) is 14.4 Å². The molecule has 1 aromatic carbocycles. The molecule has 158 valence electrons. The van der Waals surface area contributed by atoms with E-state index in [4.69, 9.17) is 21.1 Å². The SMILES string of the molecule is COc1ccc(Cl)cc1N1C[C@@H](C(=O)OCC(=O)N2CCCCCCC2)CC1=O. The number of nitrogens with zero attached hydrogens (tertiary/aromatic N) is 2. The molecule has 2 amide bonds. The zero-order chi connectivity index (χ0) is 20.8. The number of rotatable bonds is 5. The summed E-state index contributed by atoms with van der Waals surface area (Å²) < 4.78 is 10.6. The largest absolute Gasteiger partial charge is 0.495 e. The summed E-state index contributed by atoms with van der Waals surface area (Å²) in [5.41, 5.74) is 0.525. The summed E-state index contributed by atoms with van der Waals surface area (Å²) >= 11 is 6.05. The van der Waals surface area contributed by atoms with E-state index in [-0.39, 0.29) is 31.4 Å². The van der Waals surface area contributed by atoms with Gasteiger partial charge in [-0.1, -0.05) is 30.9 Å². The maximum Gasteiger partial charge on any atom is 0.311 e. The summed E-state index contributed by atoms with van der Waals surface area (Å²) in [6, 6.07) is 4.99. The summed E-state index contributed by atoms with van der Waals surface area (Å²) in [6.07, 6.45) is 5.45. The number of halogens is 1. The van der Waals surface area contributed by atoms with Gasteiger partial charge >= 0.3 is 5.97 Å². The predicted molar refractivity (Wildman–Crippen MR) is 109 cm³/mol. The lowest BCUT2D eigenvalue weighted by atomic mass is 10.1. The van der Waals surface area contributed by atoms with E-state index >= 15 is 0 Å². The molecular weight excluding hydrogens is 396 g/mol. The maximum atomic E-state index is 12.5. The van der Waals surface area contributed by atoms with Gasteiger partial charge in [-0.15, -0.1) is 0 Å². The highest BCUT2D eigenvalue weighted by Crippen LogP contribution is 2.35. The summed E-state index contributed by atoms with van der Waals surface area (Å²) in [5.74, 6) is -1.02. The summed E-state index contributed by atoms with van der Waals surface area (Å²) in [6.45, 7) is 1.32. The van der Waals surface area contributed by atoms with Gasteiger partial charge in [-0.2, -0.15) is 0 Å². The molecule has 7 nitrogen and oxygen atoms in total. The van der Waals surface area contributed by atoms with Gasteiger partial charge < -0.3 is 19.3 Å². The average molecular weight is 423 g/mol. The molecule has 2 heterocycles. The molecule has 8 heteroatoms. The van der Waals surface area contributed by atoms with Crippen LogP contribution >= 0.6 is 11.6 Å². The van der Waals surface area contributed by atoms with Gasteiger partial charge in [0.15, 0.2) is 6.61 Å². The molecule has 29 heavy (non-hydrogen) atoms. The molecule has 0 radical (unpaired) electrons. The number of anilines is 1. The molecule has 2 fully saturated rings. The molecule has 0 bridgehead atoms. The third-order valence-corrected chi connectivity index (χ3v) is 5.67. The smallest absolute Gasteiger partial charge is 0.311 e. The Kier molecular flexibility index (Phi) is 7.36. The maximum absolute atomic E-state index is 12.5. The van der Waals surface area contributed by atoms with Crippen molar-refractivity contribution in [1.29, 1.82) is 0 Å². The Morgan fingerprint density at radius 1 is 1.14 bits per heavy atom. The molecule has 0 aliphatic carbocycles. The summed E-state index contributed by atoms with van der Waals surface area (Å²) in [5, 5.41) is 0.471. The van der Waals surface area contributed by atoms with Crippen molar-refractivity contribution in [2.45, 2.75) is 38.5 Å². The van der Waals surface area contributed by atoms with Crippen molar-refractivity contribution in [3.05, 3.63) is 23.2 Å². The van der Waals surface area contributed by atoms with Crippen LogP contribution in [0, 0.1) is 5.92 Å². The number of hydrogen-bond acceptors (Lipinski definition) is 5. The van der Waals surface area contributed by atoms with Crippen molar-refractivity contribution in [2.75, 3.05) is 38.3 Å². The van der Waals surface area contributed by atoms with E-state index in [1.165, 1.54) is 18.4 Å². The van der Waals surface area contributed by atoms with E-state index < -0.39 is 11.9 Å². The minimum atomic E-state index is -0.619. The van der Waals surface area contributed by atoms with Gasteiger partial charge in [-0.3, -0.25) is 14.4 Å². The first-order valence-corrected chi connectivity index (χ1v) is 10.5. The first-order valence-electron chi connectivity index (χ1n) is 10.1. The zero-order valence-corrected chi connectivity index (χ0v) is 17.5. The second kappa shape index (κ2) is 9.96. The lowest BCUT2D eigenvalue weighted by Gasteiger charge is -2.24. The normalized spacial score (nSPS) is 20.2. The number of hydrogen-bond donors (Lipinski definition) is 0. The number of likely N-dealkylation sites (tertiary alicyclic amines) is 1. The predicted octanol–water partition coefficient (Wildman–Crippen LogP) is 3.04. The monoisotopic (exact) mass is 422 g/mol. The fourth-order valence-corrected chi connectivity index (χ4v) is 3.98. The van der Waals surface area contributed by atoms with Crippen molar-refractivity contribution in [2.24, 2.45) is 5.92 Å². The van der Waals surface area contributed by atoms with Crippen LogP contribution in [0.5, 0.6) is 5.75 Å². The first-order chi connectivity index (χ1) is 14.0. The molecule has 0 aromatic heterocycles. The number of benzene rings is 1. The highest BCUT2D eigenvalue weighted by Gasteiger charge is 2.37. The van der Waals surface area contributed by atoms with Gasteiger partial charge in [0, 0.05) is 31.1 Å². The first kappa shape index (κ1) is 21.4. The van der Waals surface area contributed by atoms with Gasteiger partial charge in [-0.05, 0) is 31.0 Å².